The number of aliphatic hydroxyl groups excluding tert-OH is 1. The van der Waals surface area contributed by atoms with E-state index in [4.69, 9.17) is 4.74 Å². The number of ether oxygens (including phenoxy) is 1. The third-order valence-corrected chi connectivity index (χ3v) is 5.19. The number of methoxy groups -OCH3 is 1. The number of carbonyl (C=O) groups excluding carboxylic acids is 2. The van der Waals surface area contributed by atoms with Crippen LogP contribution < -0.4 is 4.74 Å². The topological polar surface area (TPSA) is 100.0 Å². The maximum atomic E-state index is 13.1. The number of rotatable bonds is 5. The Hall–Kier alpha value is -4.13. The SMILES string of the molecule is COc1ccccc1/C(O)=C1/C(=O)C(=O)N(Cc2ccncc2)C1c1cccc(O)c1. The summed E-state index contributed by atoms with van der Waals surface area (Å²) in [5, 5.41) is 21.1. The van der Waals surface area contributed by atoms with Crippen LogP contribution in [0.15, 0.2) is 78.6 Å². The average molecular weight is 416 g/mol. The standard InChI is InChI=1S/C24H20N2O5/c1-31-19-8-3-2-7-18(19)22(28)20-21(16-5-4-6-17(27)13-16)26(24(30)23(20)29)14-15-9-11-25-12-10-15/h2-13,21,27-28H,14H2,1H3/b22-20-. The summed E-state index contributed by atoms with van der Waals surface area (Å²) in [5.41, 5.74) is 1.52. The minimum atomic E-state index is -0.884. The van der Waals surface area contributed by atoms with Crippen LogP contribution in [0.25, 0.3) is 5.76 Å². The molecule has 2 heterocycles. The molecule has 156 valence electrons. The summed E-state index contributed by atoms with van der Waals surface area (Å²) < 4.78 is 5.32. The third kappa shape index (κ3) is 3.73. The number of amides is 1. The number of Topliss-reactive ketones (excluding diaryl/α,β-unsaturated/α-hetero) is 1. The summed E-state index contributed by atoms with van der Waals surface area (Å²) in [6.07, 6.45) is 3.20. The van der Waals surface area contributed by atoms with Crippen molar-refractivity contribution < 1.29 is 24.5 Å². The Bertz CT molecular complexity index is 1170. The van der Waals surface area contributed by atoms with Crippen LogP contribution in [0.2, 0.25) is 0 Å². The quantitative estimate of drug-likeness (QED) is 0.376. The molecule has 3 aromatic rings. The zero-order valence-corrected chi connectivity index (χ0v) is 16.7. The van der Waals surface area contributed by atoms with Crippen molar-refractivity contribution in [2.24, 2.45) is 0 Å². The van der Waals surface area contributed by atoms with E-state index < -0.39 is 17.7 Å². The van der Waals surface area contributed by atoms with E-state index in [1.54, 1.807) is 60.9 Å². The number of hydrogen-bond donors (Lipinski definition) is 2. The Morgan fingerprint density at radius 2 is 1.81 bits per heavy atom. The largest absolute Gasteiger partial charge is 0.508 e. The van der Waals surface area contributed by atoms with Gasteiger partial charge in [0.25, 0.3) is 11.7 Å². The molecular formula is C24H20N2O5. The molecule has 2 N–H and O–H groups in total. The van der Waals surface area contributed by atoms with E-state index in [0.29, 0.717) is 16.9 Å². The fraction of sp³-hybridized carbons (Fsp3) is 0.125. The van der Waals surface area contributed by atoms with E-state index in [1.807, 2.05) is 0 Å². The number of likely N-dealkylation sites (tertiary alicyclic amines) is 1. The molecule has 1 amide bonds. The van der Waals surface area contributed by atoms with Gasteiger partial charge in [0.1, 0.15) is 17.3 Å². The first-order chi connectivity index (χ1) is 15.0. The van der Waals surface area contributed by atoms with Gasteiger partial charge in [-0.25, -0.2) is 0 Å². The second-order valence-electron chi connectivity index (χ2n) is 7.08. The highest BCUT2D eigenvalue weighted by Crippen LogP contribution is 2.42. The van der Waals surface area contributed by atoms with E-state index >= 15 is 0 Å². The number of aromatic nitrogens is 1. The van der Waals surface area contributed by atoms with Crippen molar-refractivity contribution in [3.05, 3.63) is 95.3 Å². The number of aromatic hydroxyl groups is 1. The van der Waals surface area contributed by atoms with E-state index in [1.165, 1.54) is 24.1 Å². The number of hydrogen-bond acceptors (Lipinski definition) is 6. The summed E-state index contributed by atoms with van der Waals surface area (Å²) in [7, 11) is 1.46. The number of ketones is 1. The molecule has 1 aliphatic rings. The van der Waals surface area contributed by atoms with Crippen molar-refractivity contribution in [1.82, 2.24) is 9.88 Å². The van der Waals surface area contributed by atoms with Gasteiger partial charge in [0.15, 0.2) is 0 Å². The lowest BCUT2D eigenvalue weighted by molar-refractivity contribution is -0.140. The smallest absolute Gasteiger partial charge is 0.295 e. The van der Waals surface area contributed by atoms with Crippen LogP contribution in [0.1, 0.15) is 22.7 Å². The number of benzene rings is 2. The highest BCUT2D eigenvalue weighted by molar-refractivity contribution is 6.46. The number of phenolic OH excluding ortho intramolecular Hbond substituents is 1. The van der Waals surface area contributed by atoms with Gasteiger partial charge in [-0.05, 0) is 47.5 Å². The van der Waals surface area contributed by atoms with Gasteiger partial charge < -0.3 is 19.8 Å². The van der Waals surface area contributed by atoms with Crippen molar-refractivity contribution >= 4 is 17.4 Å². The Balaban J connectivity index is 1.90. The molecule has 1 atom stereocenters. The molecule has 7 heteroatoms. The molecule has 1 aromatic heterocycles. The molecule has 0 saturated carbocycles. The molecule has 0 bridgehead atoms. The maximum absolute atomic E-state index is 13.1. The molecule has 1 aliphatic heterocycles. The molecular weight excluding hydrogens is 396 g/mol. The van der Waals surface area contributed by atoms with Crippen molar-refractivity contribution in [2.75, 3.05) is 7.11 Å². The molecule has 1 saturated heterocycles. The molecule has 0 radical (unpaired) electrons. The Kier molecular flexibility index (Phi) is 5.41. The van der Waals surface area contributed by atoms with Gasteiger partial charge in [0.05, 0.1) is 24.3 Å². The monoisotopic (exact) mass is 416 g/mol. The highest BCUT2D eigenvalue weighted by Gasteiger charge is 2.46. The van der Waals surface area contributed by atoms with Gasteiger partial charge in [0.2, 0.25) is 0 Å². The van der Waals surface area contributed by atoms with Crippen molar-refractivity contribution in [3.8, 4) is 11.5 Å². The summed E-state index contributed by atoms with van der Waals surface area (Å²) in [5.74, 6) is -1.51. The van der Waals surface area contributed by atoms with Crippen LogP contribution in [0, 0.1) is 0 Å². The molecule has 31 heavy (non-hydrogen) atoms. The highest BCUT2D eigenvalue weighted by atomic mass is 16.5. The minimum absolute atomic E-state index is 0.00992. The summed E-state index contributed by atoms with van der Waals surface area (Å²) in [6.45, 7) is 0.135. The molecule has 4 rings (SSSR count). The van der Waals surface area contributed by atoms with Crippen molar-refractivity contribution in [2.45, 2.75) is 12.6 Å². The number of phenols is 1. The van der Waals surface area contributed by atoms with Gasteiger partial charge in [-0.2, -0.15) is 0 Å². The number of para-hydroxylation sites is 1. The van der Waals surface area contributed by atoms with E-state index in [2.05, 4.69) is 4.98 Å². The number of pyridine rings is 1. The maximum Gasteiger partial charge on any atom is 0.295 e. The predicted octanol–water partition coefficient (Wildman–Crippen LogP) is 3.42. The molecule has 1 fully saturated rings. The van der Waals surface area contributed by atoms with Crippen LogP contribution in [-0.4, -0.2) is 38.9 Å². The van der Waals surface area contributed by atoms with Gasteiger partial charge in [0, 0.05) is 18.9 Å². The van der Waals surface area contributed by atoms with E-state index in [-0.39, 0.29) is 23.6 Å². The van der Waals surface area contributed by atoms with Gasteiger partial charge in [-0.15, -0.1) is 0 Å². The average Bonchev–Trinajstić information content (AvgIpc) is 3.04. The second kappa shape index (κ2) is 8.31. The fourth-order valence-corrected chi connectivity index (χ4v) is 3.75. The Morgan fingerprint density at radius 3 is 2.52 bits per heavy atom. The molecule has 0 spiro atoms. The van der Waals surface area contributed by atoms with Gasteiger partial charge in [-0.1, -0.05) is 24.3 Å². The van der Waals surface area contributed by atoms with Crippen LogP contribution in [0.4, 0.5) is 0 Å². The number of carbonyl (C=O) groups is 2. The van der Waals surface area contributed by atoms with Gasteiger partial charge in [-0.3, -0.25) is 14.6 Å². The molecule has 1 unspecified atom stereocenters. The first-order valence-electron chi connectivity index (χ1n) is 9.61. The minimum Gasteiger partial charge on any atom is -0.508 e. The molecule has 0 aliphatic carbocycles. The van der Waals surface area contributed by atoms with Gasteiger partial charge >= 0.3 is 0 Å². The molecule has 2 aromatic carbocycles. The zero-order chi connectivity index (χ0) is 22.0. The number of aliphatic hydroxyl groups is 1. The first-order valence-corrected chi connectivity index (χ1v) is 9.61. The van der Waals surface area contributed by atoms with Crippen molar-refractivity contribution in [3.63, 3.8) is 0 Å². The van der Waals surface area contributed by atoms with E-state index in [9.17, 15) is 19.8 Å². The second-order valence-corrected chi connectivity index (χ2v) is 7.08. The lowest BCUT2D eigenvalue weighted by atomic mass is 9.94. The predicted molar refractivity (Wildman–Crippen MR) is 113 cm³/mol. The Labute approximate surface area is 178 Å². The van der Waals surface area contributed by atoms with Crippen molar-refractivity contribution in [1.29, 1.82) is 0 Å². The first kappa shape index (κ1) is 20.2. The fourth-order valence-electron chi connectivity index (χ4n) is 3.75. The Morgan fingerprint density at radius 1 is 1.06 bits per heavy atom. The van der Waals surface area contributed by atoms with Crippen LogP contribution in [0.5, 0.6) is 11.5 Å². The lowest BCUT2D eigenvalue weighted by Gasteiger charge is -2.25. The van der Waals surface area contributed by atoms with Crippen LogP contribution in [-0.2, 0) is 16.1 Å². The summed E-state index contributed by atoms with van der Waals surface area (Å²) in [4.78, 5) is 31.4. The third-order valence-electron chi connectivity index (χ3n) is 5.19. The lowest BCUT2D eigenvalue weighted by Crippen LogP contribution is -2.29. The van der Waals surface area contributed by atoms with E-state index in [0.717, 1.165) is 5.56 Å². The zero-order valence-electron chi connectivity index (χ0n) is 16.7. The normalized spacial score (nSPS) is 17.7. The van der Waals surface area contributed by atoms with Crippen LogP contribution in [0.3, 0.4) is 0 Å². The molecule has 7 nitrogen and oxygen atoms in total. The summed E-state index contributed by atoms with van der Waals surface area (Å²) in [6, 6.07) is 15.6. The van der Waals surface area contributed by atoms with Crippen LogP contribution >= 0.6 is 0 Å². The summed E-state index contributed by atoms with van der Waals surface area (Å²) >= 11 is 0. The number of nitrogens with zero attached hydrogens (tertiary/aromatic N) is 2.